The standard InChI is InChI=1S/C17H34N2O4S/c1-6-10-19(11-7-2,12-8-14-24(21,22)23)13-9-16(5)18-17(20)15(3)4/h16H,3,6-14H2,1-2,4-5H3,(H-,18,20,21,22,23)/p+1. The van der Waals surface area contributed by atoms with Crippen LogP contribution in [0.2, 0.25) is 0 Å². The van der Waals surface area contributed by atoms with Crippen LogP contribution in [-0.4, -0.2) is 61.3 Å². The maximum atomic E-state index is 11.7. The average Bonchev–Trinajstić information content (AvgIpc) is 2.44. The fourth-order valence-electron chi connectivity index (χ4n) is 3.09. The van der Waals surface area contributed by atoms with Crippen molar-refractivity contribution >= 4 is 16.0 Å². The summed E-state index contributed by atoms with van der Waals surface area (Å²) in [6, 6.07) is 0.0435. The summed E-state index contributed by atoms with van der Waals surface area (Å²) in [4.78, 5) is 11.7. The molecule has 1 atom stereocenters. The third-order valence-electron chi connectivity index (χ3n) is 4.23. The van der Waals surface area contributed by atoms with Crippen molar-refractivity contribution in [3.8, 4) is 0 Å². The van der Waals surface area contributed by atoms with E-state index in [9.17, 15) is 13.2 Å². The van der Waals surface area contributed by atoms with Gasteiger partial charge in [0.2, 0.25) is 5.91 Å². The normalized spacial score (nSPS) is 13.5. The second-order valence-electron chi connectivity index (χ2n) is 6.82. The van der Waals surface area contributed by atoms with Crippen LogP contribution in [0.5, 0.6) is 0 Å². The van der Waals surface area contributed by atoms with Crippen LogP contribution in [-0.2, 0) is 14.9 Å². The second kappa shape index (κ2) is 10.8. The molecule has 1 unspecified atom stereocenters. The lowest BCUT2D eigenvalue weighted by Gasteiger charge is -2.39. The molecule has 0 saturated carbocycles. The Kier molecular flexibility index (Phi) is 10.4. The number of carbonyl (C=O) groups is 1. The average molecular weight is 364 g/mol. The number of amides is 1. The number of nitrogens with one attached hydrogen (secondary N) is 1. The van der Waals surface area contributed by atoms with Gasteiger partial charge in [-0.15, -0.1) is 0 Å². The van der Waals surface area contributed by atoms with Gasteiger partial charge < -0.3 is 9.80 Å². The fourth-order valence-corrected chi connectivity index (χ4v) is 3.58. The first kappa shape index (κ1) is 23.1. The Balaban J connectivity index is 4.79. The number of hydrogen-bond donors (Lipinski definition) is 2. The number of nitrogens with zero attached hydrogens (tertiary/aromatic N) is 1. The summed E-state index contributed by atoms with van der Waals surface area (Å²) in [6.07, 6.45) is 3.30. The van der Waals surface area contributed by atoms with Crippen LogP contribution in [0, 0.1) is 0 Å². The molecule has 0 fully saturated rings. The minimum Gasteiger partial charge on any atom is -0.350 e. The Morgan fingerprint density at radius 3 is 2.12 bits per heavy atom. The lowest BCUT2D eigenvalue weighted by molar-refractivity contribution is -0.928. The van der Waals surface area contributed by atoms with E-state index in [0.29, 0.717) is 12.0 Å². The van der Waals surface area contributed by atoms with Crippen molar-refractivity contribution < 1.29 is 22.2 Å². The molecular formula is C17H35N2O4S+. The number of quaternary nitrogens is 1. The molecule has 0 aromatic heterocycles. The van der Waals surface area contributed by atoms with E-state index >= 15 is 0 Å². The molecule has 0 saturated heterocycles. The van der Waals surface area contributed by atoms with Crippen LogP contribution in [0.4, 0.5) is 0 Å². The highest BCUT2D eigenvalue weighted by atomic mass is 32.2. The fraction of sp³-hybridized carbons (Fsp3) is 0.824. The van der Waals surface area contributed by atoms with Gasteiger partial charge in [0.05, 0.1) is 31.9 Å². The van der Waals surface area contributed by atoms with E-state index in [-0.39, 0.29) is 17.7 Å². The van der Waals surface area contributed by atoms with Crippen molar-refractivity contribution in [1.82, 2.24) is 5.32 Å². The van der Waals surface area contributed by atoms with Gasteiger partial charge in [-0.2, -0.15) is 8.42 Å². The van der Waals surface area contributed by atoms with Crippen LogP contribution >= 0.6 is 0 Å². The summed E-state index contributed by atoms with van der Waals surface area (Å²) in [5.74, 6) is -0.319. The Bertz CT molecular complexity index is 497. The molecule has 142 valence electrons. The summed E-state index contributed by atoms with van der Waals surface area (Å²) in [5.41, 5.74) is 0.498. The van der Waals surface area contributed by atoms with Gasteiger partial charge in [-0.25, -0.2) is 0 Å². The lowest BCUT2D eigenvalue weighted by atomic mass is 10.1. The molecule has 0 aromatic rings. The van der Waals surface area contributed by atoms with Gasteiger partial charge in [0.25, 0.3) is 10.1 Å². The van der Waals surface area contributed by atoms with Gasteiger partial charge in [-0.1, -0.05) is 20.4 Å². The van der Waals surface area contributed by atoms with Gasteiger partial charge >= 0.3 is 0 Å². The van der Waals surface area contributed by atoms with Crippen molar-refractivity contribution in [3.63, 3.8) is 0 Å². The molecule has 0 bridgehead atoms. The van der Waals surface area contributed by atoms with E-state index in [0.717, 1.165) is 49.9 Å². The number of rotatable bonds is 13. The molecule has 0 heterocycles. The summed E-state index contributed by atoms with van der Waals surface area (Å²) in [6.45, 7) is 15.1. The Labute approximate surface area is 147 Å². The minimum absolute atomic E-state index is 0.0435. The highest BCUT2D eigenvalue weighted by Crippen LogP contribution is 2.15. The SMILES string of the molecule is C=C(C)C(=O)NC(C)CC[N+](CCC)(CCC)CCCS(=O)(=O)O. The van der Waals surface area contributed by atoms with Crippen molar-refractivity contribution in [2.75, 3.05) is 31.9 Å². The zero-order chi connectivity index (χ0) is 18.8. The van der Waals surface area contributed by atoms with Crippen LogP contribution < -0.4 is 5.32 Å². The van der Waals surface area contributed by atoms with E-state index in [2.05, 4.69) is 25.7 Å². The lowest BCUT2D eigenvalue weighted by Crippen LogP contribution is -2.52. The van der Waals surface area contributed by atoms with Gasteiger partial charge in [0.1, 0.15) is 0 Å². The molecule has 0 aliphatic carbocycles. The minimum atomic E-state index is -3.91. The Morgan fingerprint density at radius 1 is 1.17 bits per heavy atom. The third-order valence-corrected chi connectivity index (χ3v) is 5.04. The monoisotopic (exact) mass is 363 g/mol. The van der Waals surface area contributed by atoms with E-state index in [1.807, 2.05) is 6.92 Å². The van der Waals surface area contributed by atoms with Crippen LogP contribution in [0.25, 0.3) is 0 Å². The molecule has 2 N–H and O–H groups in total. The molecule has 0 aliphatic rings. The summed E-state index contributed by atoms with van der Waals surface area (Å²) < 4.78 is 31.7. The first-order valence-corrected chi connectivity index (χ1v) is 10.4. The van der Waals surface area contributed by atoms with Gasteiger partial charge in [0, 0.05) is 24.5 Å². The molecule has 24 heavy (non-hydrogen) atoms. The summed E-state index contributed by atoms with van der Waals surface area (Å²) in [7, 11) is -3.91. The second-order valence-corrected chi connectivity index (χ2v) is 8.39. The molecule has 0 aromatic carbocycles. The first-order chi connectivity index (χ1) is 11.0. The maximum Gasteiger partial charge on any atom is 0.265 e. The molecule has 6 nitrogen and oxygen atoms in total. The zero-order valence-corrected chi connectivity index (χ0v) is 16.5. The molecule has 0 radical (unpaired) electrons. The van der Waals surface area contributed by atoms with Crippen LogP contribution in [0.3, 0.4) is 0 Å². The zero-order valence-electron chi connectivity index (χ0n) is 15.7. The molecule has 0 rings (SSSR count). The predicted octanol–water partition coefficient (Wildman–Crippen LogP) is 2.37. The Morgan fingerprint density at radius 2 is 1.71 bits per heavy atom. The highest BCUT2D eigenvalue weighted by Gasteiger charge is 2.27. The van der Waals surface area contributed by atoms with E-state index < -0.39 is 10.1 Å². The first-order valence-electron chi connectivity index (χ1n) is 8.82. The quantitative estimate of drug-likeness (QED) is 0.299. The van der Waals surface area contributed by atoms with E-state index in [1.54, 1.807) is 6.92 Å². The summed E-state index contributed by atoms with van der Waals surface area (Å²) >= 11 is 0. The third kappa shape index (κ3) is 10.1. The topological polar surface area (TPSA) is 83.5 Å². The molecule has 7 heteroatoms. The van der Waals surface area contributed by atoms with Crippen LogP contribution in [0.15, 0.2) is 12.2 Å². The highest BCUT2D eigenvalue weighted by molar-refractivity contribution is 7.85. The smallest absolute Gasteiger partial charge is 0.265 e. The Hall–Kier alpha value is -0.920. The van der Waals surface area contributed by atoms with Crippen molar-refractivity contribution in [2.24, 2.45) is 0 Å². The predicted molar refractivity (Wildman–Crippen MR) is 98.4 cm³/mol. The van der Waals surface area contributed by atoms with E-state index in [1.165, 1.54) is 0 Å². The van der Waals surface area contributed by atoms with Crippen molar-refractivity contribution in [1.29, 1.82) is 0 Å². The number of carbonyl (C=O) groups excluding carboxylic acids is 1. The molecular weight excluding hydrogens is 328 g/mol. The van der Waals surface area contributed by atoms with Gasteiger partial charge in [0.15, 0.2) is 0 Å². The molecule has 0 aliphatic heterocycles. The largest absolute Gasteiger partial charge is 0.350 e. The van der Waals surface area contributed by atoms with Gasteiger partial charge in [-0.3, -0.25) is 9.35 Å². The molecule has 1 amide bonds. The van der Waals surface area contributed by atoms with Crippen molar-refractivity contribution in [2.45, 2.75) is 59.4 Å². The van der Waals surface area contributed by atoms with Gasteiger partial charge in [-0.05, 0) is 26.7 Å². The van der Waals surface area contributed by atoms with E-state index in [4.69, 9.17) is 4.55 Å². The maximum absolute atomic E-state index is 11.7. The van der Waals surface area contributed by atoms with Crippen LogP contribution in [0.1, 0.15) is 53.4 Å². The van der Waals surface area contributed by atoms with Crippen molar-refractivity contribution in [3.05, 3.63) is 12.2 Å². The summed E-state index contributed by atoms with van der Waals surface area (Å²) in [5, 5.41) is 2.93. The number of hydrogen-bond acceptors (Lipinski definition) is 3. The molecule has 0 spiro atoms.